The van der Waals surface area contributed by atoms with Crippen LogP contribution in [0.4, 0.5) is 0 Å². The fraction of sp³-hybridized carbons (Fsp3) is 0.0476. The molecule has 29 heavy (non-hydrogen) atoms. The van der Waals surface area contributed by atoms with Crippen molar-refractivity contribution in [1.82, 2.24) is 24.1 Å². The van der Waals surface area contributed by atoms with E-state index < -0.39 is 0 Å². The summed E-state index contributed by atoms with van der Waals surface area (Å²) in [6, 6.07) is 16.9. The Kier molecular flexibility index (Phi) is 3.22. The van der Waals surface area contributed by atoms with E-state index >= 15 is 0 Å². The molecule has 0 N–H and O–H groups in total. The summed E-state index contributed by atoms with van der Waals surface area (Å²) in [5.41, 5.74) is 2.55. The molecule has 140 valence electrons. The van der Waals surface area contributed by atoms with Crippen LogP contribution in [0.2, 0.25) is 0 Å². The lowest BCUT2D eigenvalue weighted by molar-refractivity contribution is 0.174. The zero-order chi connectivity index (χ0) is 19.4. The van der Waals surface area contributed by atoms with Gasteiger partial charge in [0.25, 0.3) is 11.3 Å². The average Bonchev–Trinajstić information content (AvgIpc) is 3.41. The van der Waals surface area contributed by atoms with Crippen LogP contribution in [0.1, 0.15) is 0 Å². The number of rotatable bonds is 2. The zero-order valence-corrected chi connectivity index (χ0v) is 15.0. The Morgan fingerprint density at radius 2 is 1.83 bits per heavy atom. The molecule has 5 aromatic rings. The van der Waals surface area contributed by atoms with Gasteiger partial charge in [0, 0.05) is 17.8 Å². The van der Waals surface area contributed by atoms with Gasteiger partial charge in [-0.2, -0.15) is 14.6 Å². The van der Waals surface area contributed by atoms with Crippen molar-refractivity contribution >= 4 is 16.7 Å². The van der Waals surface area contributed by atoms with Gasteiger partial charge in [-0.15, -0.1) is 0 Å². The highest BCUT2D eigenvalue weighted by Gasteiger charge is 2.19. The van der Waals surface area contributed by atoms with E-state index in [1.807, 2.05) is 42.5 Å². The molecule has 0 radical (unpaired) electrons. The fourth-order valence-electron chi connectivity index (χ4n) is 3.63. The van der Waals surface area contributed by atoms with E-state index in [2.05, 4.69) is 15.1 Å². The van der Waals surface area contributed by atoms with Crippen molar-refractivity contribution in [3.63, 3.8) is 0 Å². The molecule has 4 heterocycles. The number of benzene rings is 2. The van der Waals surface area contributed by atoms with Gasteiger partial charge in [0.2, 0.25) is 6.79 Å². The second-order valence-electron chi connectivity index (χ2n) is 6.59. The van der Waals surface area contributed by atoms with Gasteiger partial charge in [-0.3, -0.25) is 9.36 Å². The highest BCUT2D eigenvalue weighted by Crippen LogP contribution is 2.33. The third kappa shape index (κ3) is 2.32. The summed E-state index contributed by atoms with van der Waals surface area (Å²) in [6.45, 7) is 0.178. The number of hydrogen-bond donors (Lipinski definition) is 0. The summed E-state index contributed by atoms with van der Waals surface area (Å²) in [6.07, 6.45) is 3.14. The number of pyridine rings is 1. The normalized spacial score (nSPS) is 12.7. The molecule has 0 bridgehead atoms. The Morgan fingerprint density at radius 1 is 0.966 bits per heavy atom. The van der Waals surface area contributed by atoms with E-state index in [9.17, 15) is 4.79 Å². The number of nitrogens with zero attached hydrogens (tertiary/aromatic N) is 5. The summed E-state index contributed by atoms with van der Waals surface area (Å²) in [4.78, 5) is 22.3. The molecule has 3 aromatic heterocycles. The van der Waals surface area contributed by atoms with Crippen LogP contribution in [0, 0.1) is 0 Å². The van der Waals surface area contributed by atoms with Gasteiger partial charge in [0.15, 0.2) is 11.5 Å². The third-order valence-corrected chi connectivity index (χ3v) is 4.95. The molecule has 0 unspecified atom stereocenters. The van der Waals surface area contributed by atoms with Gasteiger partial charge in [-0.25, -0.2) is 4.98 Å². The van der Waals surface area contributed by atoms with Crippen LogP contribution >= 0.6 is 0 Å². The summed E-state index contributed by atoms with van der Waals surface area (Å²) in [5.74, 6) is 1.72. The quantitative estimate of drug-likeness (QED) is 0.466. The average molecular weight is 383 g/mol. The first kappa shape index (κ1) is 15.8. The molecule has 0 fully saturated rings. The van der Waals surface area contributed by atoms with Crippen molar-refractivity contribution in [2.75, 3.05) is 6.79 Å². The van der Waals surface area contributed by atoms with Crippen molar-refractivity contribution in [1.29, 1.82) is 0 Å². The monoisotopic (exact) mass is 383 g/mol. The first-order chi connectivity index (χ1) is 14.3. The highest BCUT2D eigenvalue weighted by atomic mass is 16.7. The summed E-state index contributed by atoms with van der Waals surface area (Å²) >= 11 is 0. The van der Waals surface area contributed by atoms with Crippen LogP contribution in [-0.4, -0.2) is 30.9 Å². The summed E-state index contributed by atoms with van der Waals surface area (Å²) in [5, 5.41) is 4.76. The van der Waals surface area contributed by atoms with Gasteiger partial charge < -0.3 is 9.47 Å². The van der Waals surface area contributed by atoms with Crippen LogP contribution in [0.3, 0.4) is 0 Å². The lowest BCUT2D eigenvalue weighted by atomic mass is 10.1. The second-order valence-corrected chi connectivity index (χ2v) is 6.59. The van der Waals surface area contributed by atoms with E-state index in [1.165, 1.54) is 6.33 Å². The summed E-state index contributed by atoms with van der Waals surface area (Å²) < 4.78 is 14.0. The minimum Gasteiger partial charge on any atom is -0.454 e. The first-order valence-corrected chi connectivity index (χ1v) is 9.00. The molecule has 8 nitrogen and oxygen atoms in total. The van der Waals surface area contributed by atoms with Crippen molar-refractivity contribution in [2.45, 2.75) is 0 Å². The standard InChI is InChI=1S/C21H13N5O3/c27-20-18-15(8-9-25(20)14-6-7-16-17(10-14)29-12-28-16)24-21-22-11-23-26(21)19(18)13-4-2-1-3-5-13/h1-11H,12H2. The van der Waals surface area contributed by atoms with Crippen LogP contribution < -0.4 is 15.0 Å². The lowest BCUT2D eigenvalue weighted by Gasteiger charge is -2.12. The Labute approximate surface area is 163 Å². The number of fused-ring (bicyclic) bond motifs is 3. The smallest absolute Gasteiger partial charge is 0.266 e. The van der Waals surface area contributed by atoms with Crippen LogP contribution in [0.15, 0.2) is 71.9 Å². The predicted octanol–water partition coefficient (Wildman–Crippen LogP) is 2.82. The maximum atomic E-state index is 13.6. The number of ether oxygens (including phenoxy) is 2. The zero-order valence-electron chi connectivity index (χ0n) is 15.0. The predicted molar refractivity (Wildman–Crippen MR) is 105 cm³/mol. The maximum Gasteiger partial charge on any atom is 0.266 e. The number of aromatic nitrogens is 5. The van der Waals surface area contributed by atoms with E-state index in [0.717, 1.165) is 5.56 Å². The molecule has 1 aliphatic heterocycles. The molecule has 1 aliphatic rings. The van der Waals surface area contributed by atoms with Crippen molar-refractivity contribution in [2.24, 2.45) is 0 Å². The van der Waals surface area contributed by atoms with Crippen molar-refractivity contribution in [3.8, 4) is 28.4 Å². The first-order valence-electron chi connectivity index (χ1n) is 9.00. The minimum absolute atomic E-state index is 0.178. The molecule has 6 rings (SSSR count). The van der Waals surface area contributed by atoms with Gasteiger partial charge >= 0.3 is 0 Å². The van der Waals surface area contributed by atoms with Crippen molar-refractivity contribution in [3.05, 3.63) is 77.5 Å². The maximum absolute atomic E-state index is 13.6. The fourth-order valence-corrected chi connectivity index (χ4v) is 3.63. The van der Waals surface area contributed by atoms with Gasteiger partial charge in [-0.1, -0.05) is 30.3 Å². The van der Waals surface area contributed by atoms with Gasteiger partial charge in [0.1, 0.15) is 6.33 Å². The Morgan fingerprint density at radius 3 is 2.72 bits per heavy atom. The summed E-state index contributed by atoms with van der Waals surface area (Å²) in [7, 11) is 0. The van der Waals surface area contributed by atoms with E-state index in [0.29, 0.717) is 39.6 Å². The van der Waals surface area contributed by atoms with Crippen LogP contribution in [0.5, 0.6) is 11.5 Å². The molecule has 2 aromatic carbocycles. The Bertz CT molecular complexity index is 1460. The molecule has 0 saturated carbocycles. The lowest BCUT2D eigenvalue weighted by Crippen LogP contribution is -2.20. The topological polar surface area (TPSA) is 83.5 Å². The van der Waals surface area contributed by atoms with E-state index in [1.54, 1.807) is 27.4 Å². The van der Waals surface area contributed by atoms with E-state index in [4.69, 9.17) is 9.47 Å². The second kappa shape index (κ2) is 5.90. The molecular formula is C21H13N5O3. The molecule has 8 heteroatoms. The van der Waals surface area contributed by atoms with Gasteiger partial charge in [0.05, 0.1) is 22.3 Å². The molecule has 0 spiro atoms. The number of hydrogen-bond acceptors (Lipinski definition) is 6. The highest BCUT2D eigenvalue weighted by molar-refractivity contribution is 5.93. The van der Waals surface area contributed by atoms with Crippen LogP contribution in [-0.2, 0) is 0 Å². The third-order valence-electron chi connectivity index (χ3n) is 4.95. The Balaban J connectivity index is 1.70. The van der Waals surface area contributed by atoms with Crippen molar-refractivity contribution < 1.29 is 9.47 Å². The molecule has 0 amide bonds. The van der Waals surface area contributed by atoms with Crippen LogP contribution in [0.25, 0.3) is 33.6 Å². The molecular weight excluding hydrogens is 370 g/mol. The largest absolute Gasteiger partial charge is 0.454 e. The minimum atomic E-state index is -0.204. The van der Waals surface area contributed by atoms with Gasteiger partial charge in [-0.05, 0) is 18.2 Å². The molecule has 0 saturated heterocycles. The molecule has 0 aliphatic carbocycles. The molecule has 0 atom stereocenters. The SMILES string of the molecule is O=c1c2c(-c3ccccc3)n3ncnc3nc2ccn1-c1ccc2c(c1)OCO2. The Hall–Kier alpha value is -4.20. The van der Waals surface area contributed by atoms with E-state index in [-0.39, 0.29) is 12.4 Å².